The lowest BCUT2D eigenvalue weighted by Gasteiger charge is -2.33. The van der Waals surface area contributed by atoms with Crippen LogP contribution in [0, 0.1) is 0 Å². The van der Waals surface area contributed by atoms with Crippen LogP contribution in [0.3, 0.4) is 0 Å². The minimum absolute atomic E-state index is 0.321. The van der Waals surface area contributed by atoms with E-state index in [0.717, 1.165) is 50.4 Å². The van der Waals surface area contributed by atoms with Crippen LogP contribution >= 0.6 is 12.2 Å². The zero-order valence-corrected chi connectivity index (χ0v) is 17.2. The van der Waals surface area contributed by atoms with Crippen molar-refractivity contribution in [3.63, 3.8) is 0 Å². The normalized spacial score (nSPS) is 15.2. The SMILES string of the molecule is C[NH+]1CCN(c2ccc(C(F)(F)F)cc2NC(=S)NCCc2ccccc2)CC1. The number of likely N-dealkylation sites (N-methyl/N-ethyl adjacent to an activating group) is 1. The van der Waals surface area contributed by atoms with E-state index < -0.39 is 11.7 Å². The number of halogens is 3. The molecule has 0 saturated carbocycles. The van der Waals surface area contributed by atoms with E-state index in [9.17, 15) is 13.2 Å². The Balaban J connectivity index is 1.70. The van der Waals surface area contributed by atoms with Crippen molar-refractivity contribution in [3.8, 4) is 0 Å². The van der Waals surface area contributed by atoms with Gasteiger partial charge in [0.25, 0.3) is 0 Å². The van der Waals surface area contributed by atoms with Gasteiger partial charge in [0.05, 0.1) is 50.2 Å². The Hall–Kier alpha value is -2.32. The number of hydrogen-bond acceptors (Lipinski definition) is 2. The first kappa shape index (κ1) is 21.4. The first-order valence-electron chi connectivity index (χ1n) is 9.69. The van der Waals surface area contributed by atoms with Gasteiger partial charge in [0.15, 0.2) is 5.11 Å². The van der Waals surface area contributed by atoms with Gasteiger partial charge < -0.3 is 20.4 Å². The van der Waals surface area contributed by atoms with Crippen molar-refractivity contribution in [2.45, 2.75) is 12.6 Å². The summed E-state index contributed by atoms with van der Waals surface area (Å²) in [5.74, 6) is 0. The predicted octanol–water partition coefficient (Wildman–Crippen LogP) is 2.57. The molecule has 0 amide bonds. The zero-order chi connectivity index (χ0) is 20.9. The number of thiocarbonyl (C=S) groups is 1. The smallest absolute Gasteiger partial charge is 0.362 e. The monoisotopic (exact) mass is 423 g/mol. The first-order chi connectivity index (χ1) is 13.8. The van der Waals surface area contributed by atoms with Crippen LogP contribution in [0.15, 0.2) is 48.5 Å². The Morgan fingerprint density at radius 3 is 2.45 bits per heavy atom. The number of benzene rings is 2. The predicted molar refractivity (Wildman–Crippen MR) is 115 cm³/mol. The number of anilines is 2. The lowest BCUT2D eigenvalue weighted by Crippen LogP contribution is -3.12. The molecular weight excluding hydrogens is 397 g/mol. The molecule has 1 heterocycles. The number of piperazine rings is 1. The molecule has 29 heavy (non-hydrogen) atoms. The Morgan fingerprint density at radius 1 is 1.10 bits per heavy atom. The van der Waals surface area contributed by atoms with E-state index in [1.807, 2.05) is 30.3 Å². The van der Waals surface area contributed by atoms with Crippen LogP contribution in [-0.4, -0.2) is 44.9 Å². The van der Waals surface area contributed by atoms with Gasteiger partial charge in [0.1, 0.15) is 0 Å². The second-order valence-corrected chi connectivity index (χ2v) is 7.70. The fraction of sp³-hybridized carbons (Fsp3) is 0.381. The first-order valence-corrected chi connectivity index (χ1v) is 10.1. The van der Waals surface area contributed by atoms with E-state index in [1.54, 1.807) is 6.07 Å². The second kappa shape index (κ2) is 9.45. The standard InChI is InChI=1S/C21H25F3N4S/c1-27-11-13-28(14-12-27)19-8-7-17(21(22,23)24)15-18(19)26-20(29)25-10-9-16-5-3-2-4-6-16/h2-8,15H,9-14H2,1H3,(H2,25,26,29)/p+1. The fourth-order valence-corrected chi connectivity index (χ4v) is 3.56. The average molecular weight is 424 g/mol. The van der Waals surface area contributed by atoms with Gasteiger partial charge in [-0.1, -0.05) is 30.3 Å². The molecule has 156 valence electrons. The minimum atomic E-state index is -4.40. The summed E-state index contributed by atoms with van der Waals surface area (Å²) in [5, 5.41) is 6.40. The molecule has 0 spiro atoms. The highest BCUT2D eigenvalue weighted by atomic mass is 32.1. The topological polar surface area (TPSA) is 31.7 Å². The maximum atomic E-state index is 13.2. The molecule has 3 rings (SSSR count). The Morgan fingerprint density at radius 2 is 1.79 bits per heavy atom. The van der Waals surface area contributed by atoms with Crippen LogP contribution in [0.5, 0.6) is 0 Å². The summed E-state index contributed by atoms with van der Waals surface area (Å²) in [6, 6.07) is 13.8. The van der Waals surface area contributed by atoms with Gasteiger partial charge in [-0.05, 0) is 42.4 Å². The van der Waals surface area contributed by atoms with E-state index in [2.05, 4.69) is 22.6 Å². The van der Waals surface area contributed by atoms with Gasteiger partial charge in [-0.15, -0.1) is 0 Å². The van der Waals surface area contributed by atoms with Gasteiger partial charge in [-0.3, -0.25) is 0 Å². The van der Waals surface area contributed by atoms with Gasteiger partial charge in [-0.25, -0.2) is 0 Å². The highest BCUT2D eigenvalue weighted by Gasteiger charge is 2.32. The third-order valence-corrected chi connectivity index (χ3v) is 5.32. The van der Waals surface area contributed by atoms with Crippen LogP contribution in [0.2, 0.25) is 0 Å². The molecule has 1 aliphatic rings. The molecular formula is C21H26F3N4S+. The van der Waals surface area contributed by atoms with E-state index >= 15 is 0 Å². The lowest BCUT2D eigenvalue weighted by molar-refractivity contribution is -0.880. The minimum Gasteiger partial charge on any atom is -0.362 e. The van der Waals surface area contributed by atoms with Crippen molar-refractivity contribution in [2.75, 3.05) is 50.0 Å². The van der Waals surface area contributed by atoms with Crippen LogP contribution in [0.25, 0.3) is 0 Å². The van der Waals surface area contributed by atoms with Crippen LogP contribution in [0.1, 0.15) is 11.1 Å². The molecule has 8 heteroatoms. The van der Waals surface area contributed by atoms with E-state index in [0.29, 0.717) is 17.3 Å². The summed E-state index contributed by atoms with van der Waals surface area (Å²) in [4.78, 5) is 3.53. The third-order valence-electron chi connectivity index (χ3n) is 5.07. The van der Waals surface area contributed by atoms with E-state index in [4.69, 9.17) is 12.2 Å². The van der Waals surface area contributed by atoms with Crippen LogP contribution in [-0.2, 0) is 12.6 Å². The number of nitrogens with zero attached hydrogens (tertiary/aromatic N) is 1. The molecule has 1 fully saturated rings. The van der Waals surface area contributed by atoms with Gasteiger partial charge in [-0.2, -0.15) is 13.2 Å². The van der Waals surface area contributed by atoms with Crippen molar-refractivity contribution >= 4 is 28.7 Å². The van der Waals surface area contributed by atoms with E-state index in [-0.39, 0.29) is 0 Å². The summed E-state index contributed by atoms with van der Waals surface area (Å²) < 4.78 is 39.7. The Labute approximate surface area is 174 Å². The fourth-order valence-electron chi connectivity index (χ4n) is 3.35. The summed E-state index contributed by atoms with van der Waals surface area (Å²) in [5.41, 5.74) is 1.62. The highest BCUT2D eigenvalue weighted by molar-refractivity contribution is 7.80. The number of hydrogen-bond donors (Lipinski definition) is 3. The van der Waals surface area contributed by atoms with Gasteiger partial charge >= 0.3 is 6.18 Å². The van der Waals surface area contributed by atoms with E-state index in [1.165, 1.54) is 10.5 Å². The van der Waals surface area contributed by atoms with Crippen molar-refractivity contribution < 1.29 is 18.1 Å². The van der Waals surface area contributed by atoms with Gasteiger partial charge in [0, 0.05) is 6.54 Å². The number of rotatable bonds is 5. The summed E-state index contributed by atoms with van der Waals surface area (Å²) in [6.45, 7) is 4.07. The second-order valence-electron chi connectivity index (χ2n) is 7.29. The molecule has 0 bridgehead atoms. The molecule has 0 atom stereocenters. The van der Waals surface area contributed by atoms with Crippen molar-refractivity contribution in [1.29, 1.82) is 0 Å². The largest absolute Gasteiger partial charge is 0.416 e. The summed E-state index contributed by atoms with van der Waals surface area (Å²) in [7, 11) is 2.12. The molecule has 4 nitrogen and oxygen atoms in total. The number of alkyl halides is 3. The molecule has 1 aliphatic heterocycles. The van der Waals surface area contributed by atoms with Crippen molar-refractivity contribution in [2.24, 2.45) is 0 Å². The summed E-state index contributed by atoms with van der Waals surface area (Å²) in [6.07, 6.45) is -3.62. The molecule has 0 aromatic heterocycles. The number of quaternary nitrogens is 1. The molecule has 1 saturated heterocycles. The maximum absolute atomic E-state index is 13.2. The van der Waals surface area contributed by atoms with Crippen LogP contribution in [0.4, 0.5) is 24.5 Å². The molecule has 2 aromatic carbocycles. The average Bonchev–Trinajstić information content (AvgIpc) is 2.69. The molecule has 0 unspecified atom stereocenters. The zero-order valence-electron chi connectivity index (χ0n) is 16.4. The molecule has 2 aromatic rings. The van der Waals surface area contributed by atoms with Crippen molar-refractivity contribution in [1.82, 2.24) is 5.32 Å². The molecule has 0 radical (unpaired) electrons. The highest BCUT2D eigenvalue weighted by Crippen LogP contribution is 2.35. The third kappa shape index (κ3) is 6.08. The Bertz CT molecular complexity index is 818. The maximum Gasteiger partial charge on any atom is 0.416 e. The Kier molecular flexibility index (Phi) is 6.97. The molecule has 0 aliphatic carbocycles. The quantitative estimate of drug-likeness (QED) is 0.646. The molecule has 3 N–H and O–H groups in total. The lowest BCUT2D eigenvalue weighted by atomic mass is 10.1. The van der Waals surface area contributed by atoms with Crippen LogP contribution < -0.4 is 20.4 Å². The number of nitrogens with one attached hydrogen (secondary N) is 3. The van der Waals surface area contributed by atoms with Crippen molar-refractivity contribution in [3.05, 3.63) is 59.7 Å². The summed E-state index contributed by atoms with van der Waals surface area (Å²) >= 11 is 5.34. The van der Waals surface area contributed by atoms with Gasteiger partial charge in [0.2, 0.25) is 0 Å².